The first-order valence-electron chi connectivity index (χ1n) is 7.19. The highest BCUT2D eigenvalue weighted by Gasteiger charge is 2.24. The number of nitrogens with zero attached hydrogens (tertiary/aromatic N) is 2. The quantitative estimate of drug-likeness (QED) is 0.882. The maximum absolute atomic E-state index is 5.09. The van der Waals surface area contributed by atoms with Crippen molar-refractivity contribution in [3.05, 3.63) is 23.9 Å². The average molecular weight is 263 g/mol. The third-order valence-electron chi connectivity index (χ3n) is 3.90. The van der Waals surface area contributed by atoms with E-state index in [2.05, 4.69) is 35.1 Å². The molecule has 0 amide bonds. The number of methoxy groups -OCH3 is 1. The summed E-state index contributed by atoms with van der Waals surface area (Å²) in [5, 5.41) is 3.56. The second-order valence-corrected chi connectivity index (χ2v) is 5.31. The molecule has 1 aliphatic rings. The van der Waals surface area contributed by atoms with Crippen molar-refractivity contribution >= 4 is 0 Å². The molecule has 0 saturated carbocycles. The summed E-state index contributed by atoms with van der Waals surface area (Å²) >= 11 is 0. The van der Waals surface area contributed by atoms with Crippen molar-refractivity contribution in [2.45, 2.75) is 45.3 Å². The minimum Gasteiger partial charge on any atom is -0.481 e. The molecule has 0 aliphatic carbocycles. The SMILES string of the molecule is CCNC1CCN(Cc2ccc(OC)nc2)C(C)C1. The van der Waals surface area contributed by atoms with Crippen LogP contribution in [0, 0.1) is 0 Å². The van der Waals surface area contributed by atoms with E-state index in [0.29, 0.717) is 18.0 Å². The van der Waals surface area contributed by atoms with E-state index in [1.807, 2.05) is 12.3 Å². The molecular weight excluding hydrogens is 238 g/mol. The van der Waals surface area contributed by atoms with E-state index in [1.54, 1.807) is 7.11 Å². The third-order valence-corrected chi connectivity index (χ3v) is 3.90. The molecule has 0 aromatic carbocycles. The summed E-state index contributed by atoms with van der Waals surface area (Å²) in [7, 11) is 1.65. The number of hydrogen-bond donors (Lipinski definition) is 1. The van der Waals surface area contributed by atoms with Gasteiger partial charge in [0.05, 0.1) is 7.11 Å². The van der Waals surface area contributed by atoms with Crippen molar-refractivity contribution in [3.63, 3.8) is 0 Å². The molecule has 1 N–H and O–H groups in total. The van der Waals surface area contributed by atoms with E-state index in [9.17, 15) is 0 Å². The first kappa shape index (κ1) is 14.3. The van der Waals surface area contributed by atoms with Gasteiger partial charge in [-0.15, -0.1) is 0 Å². The van der Waals surface area contributed by atoms with Crippen molar-refractivity contribution < 1.29 is 4.74 Å². The molecule has 1 aliphatic heterocycles. The van der Waals surface area contributed by atoms with Gasteiger partial charge in [-0.05, 0) is 31.9 Å². The number of pyridine rings is 1. The topological polar surface area (TPSA) is 37.4 Å². The largest absolute Gasteiger partial charge is 0.481 e. The fraction of sp³-hybridized carbons (Fsp3) is 0.667. The summed E-state index contributed by atoms with van der Waals surface area (Å²) in [6, 6.07) is 5.35. The molecule has 0 radical (unpaired) electrons. The van der Waals surface area contributed by atoms with Crippen molar-refractivity contribution in [3.8, 4) is 5.88 Å². The van der Waals surface area contributed by atoms with Crippen LogP contribution >= 0.6 is 0 Å². The highest BCUT2D eigenvalue weighted by Crippen LogP contribution is 2.20. The lowest BCUT2D eigenvalue weighted by molar-refractivity contribution is 0.129. The molecule has 1 aromatic rings. The lowest BCUT2D eigenvalue weighted by Crippen LogP contribution is -2.46. The fourth-order valence-electron chi connectivity index (χ4n) is 2.79. The van der Waals surface area contributed by atoms with Gasteiger partial charge in [-0.3, -0.25) is 4.90 Å². The number of rotatable bonds is 5. The van der Waals surface area contributed by atoms with Crippen LogP contribution in [0.25, 0.3) is 0 Å². The number of nitrogens with one attached hydrogen (secondary N) is 1. The summed E-state index contributed by atoms with van der Waals surface area (Å²) in [6.07, 6.45) is 4.39. The van der Waals surface area contributed by atoms with Crippen molar-refractivity contribution in [2.24, 2.45) is 0 Å². The van der Waals surface area contributed by atoms with Crippen LogP contribution in [0.2, 0.25) is 0 Å². The molecule has 4 nitrogen and oxygen atoms in total. The zero-order chi connectivity index (χ0) is 13.7. The Bertz CT molecular complexity index is 379. The number of hydrogen-bond acceptors (Lipinski definition) is 4. The molecule has 2 heterocycles. The monoisotopic (exact) mass is 263 g/mol. The summed E-state index contributed by atoms with van der Waals surface area (Å²) < 4.78 is 5.09. The molecule has 19 heavy (non-hydrogen) atoms. The van der Waals surface area contributed by atoms with Gasteiger partial charge in [0.25, 0.3) is 0 Å². The normalized spacial score (nSPS) is 24.4. The highest BCUT2D eigenvalue weighted by atomic mass is 16.5. The Morgan fingerprint density at radius 2 is 2.32 bits per heavy atom. The van der Waals surface area contributed by atoms with E-state index < -0.39 is 0 Å². The number of piperidine rings is 1. The zero-order valence-electron chi connectivity index (χ0n) is 12.2. The van der Waals surface area contributed by atoms with Crippen LogP contribution in [-0.4, -0.2) is 42.2 Å². The van der Waals surface area contributed by atoms with Gasteiger partial charge in [-0.25, -0.2) is 4.98 Å². The van der Waals surface area contributed by atoms with E-state index in [4.69, 9.17) is 4.74 Å². The molecule has 106 valence electrons. The number of aromatic nitrogens is 1. The Morgan fingerprint density at radius 1 is 1.47 bits per heavy atom. The predicted octanol–water partition coefficient (Wildman–Crippen LogP) is 2.05. The molecule has 2 unspecified atom stereocenters. The van der Waals surface area contributed by atoms with Crippen LogP contribution in [0.1, 0.15) is 32.3 Å². The lowest BCUT2D eigenvalue weighted by atomic mass is 9.98. The Labute approximate surface area is 116 Å². The second kappa shape index (κ2) is 6.87. The van der Waals surface area contributed by atoms with Crippen LogP contribution in [0.5, 0.6) is 5.88 Å². The van der Waals surface area contributed by atoms with Gasteiger partial charge < -0.3 is 10.1 Å². The Balaban J connectivity index is 1.88. The van der Waals surface area contributed by atoms with E-state index >= 15 is 0 Å². The molecule has 2 atom stereocenters. The molecule has 1 aromatic heterocycles. The van der Waals surface area contributed by atoms with Crippen molar-refractivity contribution in [1.82, 2.24) is 15.2 Å². The van der Waals surface area contributed by atoms with Gasteiger partial charge in [0.15, 0.2) is 0 Å². The molecule has 2 rings (SSSR count). The van der Waals surface area contributed by atoms with Gasteiger partial charge >= 0.3 is 0 Å². The first-order valence-corrected chi connectivity index (χ1v) is 7.19. The van der Waals surface area contributed by atoms with Gasteiger partial charge in [-0.2, -0.15) is 0 Å². The van der Waals surface area contributed by atoms with Gasteiger partial charge in [0, 0.05) is 37.4 Å². The average Bonchev–Trinajstić information content (AvgIpc) is 2.43. The predicted molar refractivity (Wildman–Crippen MR) is 77.4 cm³/mol. The summed E-state index contributed by atoms with van der Waals surface area (Å²) in [5.41, 5.74) is 1.26. The van der Waals surface area contributed by atoms with E-state index in [1.165, 1.54) is 18.4 Å². The molecule has 1 saturated heterocycles. The van der Waals surface area contributed by atoms with E-state index in [-0.39, 0.29) is 0 Å². The Kier molecular flexibility index (Phi) is 5.16. The van der Waals surface area contributed by atoms with Gasteiger partial charge in [-0.1, -0.05) is 13.0 Å². The minimum atomic E-state index is 0.625. The van der Waals surface area contributed by atoms with Crippen LogP contribution in [0.4, 0.5) is 0 Å². The molecule has 0 spiro atoms. The number of ether oxygens (including phenoxy) is 1. The minimum absolute atomic E-state index is 0.625. The standard InChI is InChI=1S/C15H25N3O/c1-4-16-14-7-8-18(12(2)9-14)11-13-5-6-15(19-3)17-10-13/h5-6,10,12,14,16H,4,7-9,11H2,1-3H3. The molecule has 0 bridgehead atoms. The Morgan fingerprint density at radius 3 is 2.89 bits per heavy atom. The maximum Gasteiger partial charge on any atom is 0.212 e. The van der Waals surface area contributed by atoms with Crippen LogP contribution in [0.3, 0.4) is 0 Å². The van der Waals surface area contributed by atoms with Gasteiger partial charge in [0.2, 0.25) is 5.88 Å². The van der Waals surface area contributed by atoms with Crippen LogP contribution in [0.15, 0.2) is 18.3 Å². The second-order valence-electron chi connectivity index (χ2n) is 5.31. The third kappa shape index (κ3) is 3.91. The van der Waals surface area contributed by atoms with Gasteiger partial charge in [0.1, 0.15) is 0 Å². The van der Waals surface area contributed by atoms with Crippen LogP contribution < -0.4 is 10.1 Å². The first-order chi connectivity index (χ1) is 9.22. The lowest BCUT2D eigenvalue weighted by Gasteiger charge is -2.38. The molecule has 1 fully saturated rings. The highest BCUT2D eigenvalue weighted by molar-refractivity contribution is 5.17. The summed E-state index contributed by atoms with van der Waals surface area (Å²) in [6.45, 7) is 7.71. The van der Waals surface area contributed by atoms with Crippen LogP contribution in [-0.2, 0) is 6.54 Å². The fourth-order valence-corrected chi connectivity index (χ4v) is 2.79. The smallest absolute Gasteiger partial charge is 0.212 e. The summed E-state index contributed by atoms with van der Waals surface area (Å²) in [5.74, 6) is 0.683. The van der Waals surface area contributed by atoms with E-state index in [0.717, 1.165) is 19.6 Å². The van der Waals surface area contributed by atoms with Crippen molar-refractivity contribution in [2.75, 3.05) is 20.2 Å². The zero-order valence-corrected chi connectivity index (χ0v) is 12.2. The summed E-state index contributed by atoms with van der Waals surface area (Å²) in [4.78, 5) is 6.81. The number of likely N-dealkylation sites (tertiary alicyclic amines) is 1. The molecule has 4 heteroatoms. The molecular formula is C15H25N3O. The Hall–Kier alpha value is -1.13. The maximum atomic E-state index is 5.09. The van der Waals surface area contributed by atoms with Crippen molar-refractivity contribution in [1.29, 1.82) is 0 Å².